The Morgan fingerprint density at radius 2 is 1.17 bits per heavy atom. The SMILES string of the molecule is CC=CCOC(=O)Nc1cc(OC(=O)Oc2cc(NC(=O)OCC=CC)c(F)cc2Cl)c(Cl)cc1F. The minimum absolute atomic E-state index is 0.0456. The number of nitrogens with one attached hydrogen (secondary N) is 2. The zero-order valence-corrected chi connectivity index (χ0v) is 20.4. The molecule has 13 heteroatoms. The standard InChI is InChI=1S/C23H20Cl2F2N2O7/c1-3-5-7-33-21(30)28-17-11-19(13(24)9-15(17)26)35-23(32)36-20-12-18(16(27)10-14(20)25)29-22(31)34-8-6-4-2/h3-6,9-12H,7-8H2,1-2H3,(H,28,30)(H,29,31). The van der Waals surface area contributed by atoms with E-state index in [1.165, 1.54) is 0 Å². The molecule has 0 unspecified atom stereocenters. The molecule has 2 N–H and O–H groups in total. The lowest BCUT2D eigenvalue weighted by atomic mass is 10.3. The van der Waals surface area contributed by atoms with Crippen LogP contribution in [0.2, 0.25) is 10.0 Å². The second kappa shape index (κ2) is 13.9. The molecule has 2 rings (SSSR count). The van der Waals surface area contributed by atoms with Crippen molar-refractivity contribution in [1.29, 1.82) is 0 Å². The summed E-state index contributed by atoms with van der Waals surface area (Å²) in [6.45, 7) is 3.35. The molecule has 0 saturated heterocycles. The highest BCUT2D eigenvalue weighted by Crippen LogP contribution is 2.33. The Hall–Kier alpha value is -3.83. The average molecular weight is 545 g/mol. The largest absolute Gasteiger partial charge is 0.519 e. The number of halogens is 4. The molecule has 192 valence electrons. The van der Waals surface area contributed by atoms with Gasteiger partial charge >= 0.3 is 18.3 Å². The van der Waals surface area contributed by atoms with Gasteiger partial charge in [0, 0.05) is 12.1 Å². The zero-order chi connectivity index (χ0) is 26.7. The van der Waals surface area contributed by atoms with Crippen LogP contribution in [0.4, 0.5) is 34.5 Å². The summed E-state index contributed by atoms with van der Waals surface area (Å²) in [5.41, 5.74) is -0.786. The first-order valence-electron chi connectivity index (χ1n) is 10.1. The van der Waals surface area contributed by atoms with E-state index in [1.807, 2.05) is 0 Å². The Morgan fingerprint density at radius 1 is 0.778 bits per heavy atom. The molecule has 0 bridgehead atoms. The quantitative estimate of drug-likeness (QED) is 0.207. The third kappa shape index (κ3) is 8.75. The third-order valence-electron chi connectivity index (χ3n) is 4.00. The first-order valence-corrected chi connectivity index (χ1v) is 10.9. The molecule has 0 radical (unpaired) electrons. The number of hydrogen-bond acceptors (Lipinski definition) is 7. The topological polar surface area (TPSA) is 112 Å². The van der Waals surface area contributed by atoms with Crippen molar-refractivity contribution in [3.8, 4) is 11.5 Å². The highest BCUT2D eigenvalue weighted by atomic mass is 35.5. The van der Waals surface area contributed by atoms with Gasteiger partial charge in [0.1, 0.15) is 24.8 Å². The number of amides is 2. The Labute approximate surface area is 214 Å². The van der Waals surface area contributed by atoms with E-state index in [2.05, 4.69) is 10.6 Å². The number of carbonyl (C=O) groups is 3. The highest BCUT2D eigenvalue weighted by Gasteiger charge is 2.19. The lowest BCUT2D eigenvalue weighted by Crippen LogP contribution is -2.17. The maximum atomic E-state index is 14.2. The predicted octanol–water partition coefficient (Wildman–Crippen LogP) is 7.10. The Bertz CT molecular complexity index is 1100. The van der Waals surface area contributed by atoms with Crippen molar-refractivity contribution in [2.24, 2.45) is 0 Å². The number of ether oxygens (including phenoxy) is 4. The maximum Gasteiger partial charge on any atom is 0.519 e. The molecule has 0 atom stereocenters. The number of carbonyl (C=O) groups excluding carboxylic acids is 3. The number of anilines is 2. The van der Waals surface area contributed by atoms with Crippen molar-refractivity contribution in [2.75, 3.05) is 23.8 Å². The van der Waals surface area contributed by atoms with Crippen LogP contribution < -0.4 is 20.1 Å². The van der Waals surface area contributed by atoms with Gasteiger partial charge in [0.25, 0.3) is 0 Å². The zero-order valence-electron chi connectivity index (χ0n) is 18.9. The van der Waals surface area contributed by atoms with Gasteiger partial charge in [-0.3, -0.25) is 10.6 Å². The van der Waals surface area contributed by atoms with E-state index in [-0.39, 0.29) is 34.8 Å². The van der Waals surface area contributed by atoms with Gasteiger partial charge in [0.15, 0.2) is 11.5 Å². The molecule has 0 aliphatic carbocycles. The summed E-state index contributed by atoms with van der Waals surface area (Å²) >= 11 is 11.8. The van der Waals surface area contributed by atoms with Crippen LogP contribution in [0.25, 0.3) is 0 Å². The molecule has 2 amide bonds. The van der Waals surface area contributed by atoms with Crippen LogP contribution in [-0.2, 0) is 9.47 Å². The van der Waals surface area contributed by atoms with Crippen LogP contribution in [0.1, 0.15) is 13.8 Å². The van der Waals surface area contributed by atoms with Crippen molar-refractivity contribution in [3.63, 3.8) is 0 Å². The summed E-state index contributed by atoms with van der Waals surface area (Å²) in [5, 5.41) is 3.63. The van der Waals surface area contributed by atoms with Crippen LogP contribution >= 0.6 is 23.2 Å². The lowest BCUT2D eigenvalue weighted by Gasteiger charge is -2.12. The monoisotopic (exact) mass is 544 g/mol. The van der Waals surface area contributed by atoms with E-state index in [9.17, 15) is 23.2 Å². The van der Waals surface area contributed by atoms with E-state index in [0.717, 1.165) is 24.3 Å². The van der Waals surface area contributed by atoms with Crippen LogP contribution in [-0.4, -0.2) is 31.6 Å². The molecule has 0 aromatic heterocycles. The summed E-state index contributed by atoms with van der Waals surface area (Å²) in [4.78, 5) is 35.8. The summed E-state index contributed by atoms with van der Waals surface area (Å²) in [6.07, 6.45) is 3.08. The number of hydrogen-bond donors (Lipinski definition) is 2. The molecule has 2 aromatic carbocycles. The highest BCUT2D eigenvalue weighted by molar-refractivity contribution is 6.32. The first-order chi connectivity index (χ1) is 17.1. The van der Waals surface area contributed by atoms with Crippen LogP contribution in [0.5, 0.6) is 11.5 Å². The Kier molecular flexibility index (Phi) is 11.0. The van der Waals surface area contributed by atoms with E-state index in [4.69, 9.17) is 42.1 Å². The van der Waals surface area contributed by atoms with Crippen LogP contribution in [0, 0.1) is 11.6 Å². The number of rotatable bonds is 8. The number of benzene rings is 2. The normalized spacial score (nSPS) is 10.8. The van der Waals surface area contributed by atoms with Crippen molar-refractivity contribution in [2.45, 2.75) is 13.8 Å². The summed E-state index contributed by atoms with van der Waals surface area (Å²) in [7, 11) is 0. The van der Waals surface area contributed by atoms with E-state index in [1.54, 1.807) is 38.2 Å². The van der Waals surface area contributed by atoms with E-state index >= 15 is 0 Å². The van der Waals surface area contributed by atoms with Crippen molar-refractivity contribution >= 4 is 52.9 Å². The Balaban J connectivity index is 2.12. The number of allylic oxidation sites excluding steroid dienone is 2. The molecule has 9 nitrogen and oxygen atoms in total. The second-order valence-corrected chi connectivity index (χ2v) is 7.38. The fourth-order valence-corrected chi connectivity index (χ4v) is 2.72. The summed E-state index contributed by atoms with van der Waals surface area (Å²) in [5.74, 6) is -2.61. The minimum Gasteiger partial charge on any atom is -0.445 e. The molecule has 0 aliphatic rings. The third-order valence-corrected chi connectivity index (χ3v) is 4.59. The van der Waals surface area contributed by atoms with Gasteiger partial charge < -0.3 is 18.9 Å². The van der Waals surface area contributed by atoms with Gasteiger partial charge in [-0.15, -0.1) is 0 Å². The molecule has 0 spiro atoms. The van der Waals surface area contributed by atoms with Gasteiger partial charge in [0.05, 0.1) is 21.4 Å². The predicted molar refractivity (Wildman–Crippen MR) is 129 cm³/mol. The maximum absolute atomic E-state index is 14.2. The fraction of sp³-hybridized carbons (Fsp3) is 0.174. The van der Waals surface area contributed by atoms with Crippen LogP contribution in [0.15, 0.2) is 48.6 Å². The summed E-state index contributed by atoms with van der Waals surface area (Å²) in [6, 6.07) is 3.43. The van der Waals surface area contributed by atoms with Gasteiger partial charge in [-0.1, -0.05) is 47.5 Å². The second-order valence-electron chi connectivity index (χ2n) is 6.56. The van der Waals surface area contributed by atoms with E-state index < -0.39 is 41.4 Å². The van der Waals surface area contributed by atoms with Gasteiger partial charge in [-0.2, -0.15) is 0 Å². The van der Waals surface area contributed by atoms with Crippen molar-refractivity contribution in [3.05, 3.63) is 70.2 Å². The lowest BCUT2D eigenvalue weighted by molar-refractivity contribution is 0.152. The molecular formula is C23H20Cl2F2N2O7. The van der Waals surface area contributed by atoms with Gasteiger partial charge in [-0.25, -0.2) is 23.2 Å². The van der Waals surface area contributed by atoms with Crippen LogP contribution in [0.3, 0.4) is 0 Å². The first kappa shape index (κ1) is 28.4. The molecule has 0 saturated carbocycles. The van der Waals surface area contributed by atoms with Crippen molar-refractivity contribution < 1.29 is 42.1 Å². The minimum atomic E-state index is -1.39. The molecule has 36 heavy (non-hydrogen) atoms. The molecule has 0 aliphatic heterocycles. The molecule has 0 heterocycles. The fourth-order valence-electron chi connectivity index (χ4n) is 2.34. The summed E-state index contributed by atoms with van der Waals surface area (Å²) < 4.78 is 47.8. The van der Waals surface area contributed by atoms with E-state index in [0.29, 0.717) is 0 Å². The van der Waals surface area contributed by atoms with Gasteiger partial charge in [0.2, 0.25) is 0 Å². The molecular weight excluding hydrogens is 525 g/mol. The Morgan fingerprint density at radius 3 is 1.53 bits per heavy atom. The average Bonchev–Trinajstić information content (AvgIpc) is 2.80. The smallest absolute Gasteiger partial charge is 0.445 e. The van der Waals surface area contributed by atoms with Gasteiger partial charge in [-0.05, 0) is 26.0 Å². The molecule has 2 aromatic rings. The molecule has 0 fully saturated rings. The van der Waals surface area contributed by atoms with Crippen molar-refractivity contribution in [1.82, 2.24) is 0 Å².